The number of carbonyl (C=O) groups is 2. The predicted octanol–water partition coefficient (Wildman–Crippen LogP) is 2.57. The molecular weight excluding hydrogens is 285 g/mol. The van der Waals surface area contributed by atoms with E-state index in [2.05, 4.69) is 0 Å². The second-order valence-electron chi connectivity index (χ2n) is 6.37. The summed E-state index contributed by atoms with van der Waals surface area (Å²) in [5.41, 5.74) is 0.0592. The summed E-state index contributed by atoms with van der Waals surface area (Å²) in [6, 6.07) is 6.29. The number of benzene rings is 1. The number of halogens is 1. The fraction of sp³-hybridized carbons (Fsp3) is 0.529. The zero-order valence-electron chi connectivity index (χ0n) is 12.4. The second kappa shape index (κ2) is 5.71. The van der Waals surface area contributed by atoms with Crippen molar-refractivity contribution < 1.29 is 19.1 Å². The fourth-order valence-electron chi connectivity index (χ4n) is 3.84. The van der Waals surface area contributed by atoms with Gasteiger partial charge in [-0.3, -0.25) is 9.59 Å². The van der Waals surface area contributed by atoms with E-state index in [-0.39, 0.29) is 18.3 Å². The van der Waals surface area contributed by atoms with E-state index in [1.165, 1.54) is 12.1 Å². The van der Waals surface area contributed by atoms with Crippen molar-refractivity contribution in [3.8, 4) is 0 Å². The van der Waals surface area contributed by atoms with Crippen molar-refractivity contribution in [3.05, 3.63) is 35.6 Å². The van der Waals surface area contributed by atoms with Crippen LogP contribution in [0.5, 0.6) is 0 Å². The molecule has 1 aromatic carbocycles. The van der Waals surface area contributed by atoms with Crippen molar-refractivity contribution in [2.45, 2.75) is 37.5 Å². The number of amides is 1. The molecule has 1 saturated carbocycles. The van der Waals surface area contributed by atoms with E-state index in [1.54, 1.807) is 11.0 Å². The summed E-state index contributed by atoms with van der Waals surface area (Å²) in [4.78, 5) is 25.8. The molecule has 3 rings (SSSR count). The quantitative estimate of drug-likeness (QED) is 0.933. The van der Waals surface area contributed by atoms with Gasteiger partial charge in [0.15, 0.2) is 0 Å². The molecule has 22 heavy (non-hydrogen) atoms. The van der Waals surface area contributed by atoms with Gasteiger partial charge in [-0.1, -0.05) is 25.0 Å². The fourth-order valence-corrected chi connectivity index (χ4v) is 3.84. The van der Waals surface area contributed by atoms with E-state index in [9.17, 15) is 14.0 Å². The molecule has 1 aliphatic heterocycles. The molecule has 118 valence electrons. The lowest BCUT2D eigenvalue weighted by Gasteiger charge is -2.33. The summed E-state index contributed by atoms with van der Waals surface area (Å²) in [5, 5.41) is 9.11. The third-order valence-electron chi connectivity index (χ3n) is 5.07. The molecule has 1 atom stereocenters. The highest BCUT2D eigenvalue weighted by atomic mass is 19.1. The molecule has 2 aliphatic rings. The van der Waals surface area contributed by atoms with E-state index >= 15 is 0 Å². The first-order chi connectivity index (χ1) is 10.5. The van der Waals surface area contributed by atoms with Gasteiger partial charge in [-0.05, 0) is 37.0 Å². The number of likely N-dealkylation sites (tertiary alicyclic amines) is 1. The Labute approximate surface area is 128 Å². The molecule has 1 aromatic rings. The first-order valence-corrected chi connectivity index (χ1v) is 7.81. The lowest BCUT2D eigenvalue weighted by atomic mass is 9.77. The van der Waals surface area contributed by atoms with Crippen LogP contribution in [0.15, 0.2) is 24.3 Å². The minimum absolute atomic E-state index is 0.0284. The largest absolute Gasteiger partial charge is 0.481 e. The molecule has 1 heterocycles. The van der Waals surface area contributed by atoms with Crippen LogP contribution < -0.4 is 0 Å². The number of carboxylic acids is 1. The minimum atomic E-state index is -0.846. The predicted molar refractivity (Wildman–Crippen MR) is 78.9 cm³/mol. The Morgan fingerprint density at radius 1 is 1.27 bits per heavy atom. The van der Waals surface area contributed by atoms with E-state index in [4.69, 9.17) is 5.11 Å². The molecule has 4 nitrogen and oxygen atoms in total. The van der Waals surface area contributed by atoms with Crippen LogP contribution >= 0.6 is 0 Å². The summed E-state index contributed by atoms with van der Waals surface area (Å²) >= 11 is 0. The standard InChI is InChI=1S/C17H20FNO3/c18-14-5-3-4-13(10-14)17(7-1-2-8-17)16(22)19-9-6-12(11-19)15(20)21/h3-5,10,12H,1-2,6-9,11H2,(H,20,21)/t12-/m1/s1. The number of carbonyl (C=O) groups excluding carboxylic acids is 1. The third kappa shape index (κ3) is 2.49. The number of carboxylic acid groups (broad SMARTS) is 1. The lowest BCUT2D eigenvalue weighted by Crippen LogP contribution is -2.44. The summed E-state index contributed by atoms with van der Waals surface area (Å²) < 4.78 is 13.6. The lowest BCUT2D eigenvalue weighted by molar-refractivity contribution is -0.142. The zero-order chi connectivity index (χ0) is 15.7. The van der Waals surface area contributed by atoms with Gasteiger partial charge < -0.3 is 10.0 Å². The zero-order valence-corrected chi connectivity index (χ0v) is 12.4. The maximum Gasteiger partial charge on any atom is 0.308 e. The van der Waals surface area contributed by atoms with Crippen LogP contribution in [-0.4, -0.2) is 35.0 Å². The number of aliphatic carboxylic acids is 1. The van der Waals surface area contributed by atoms with Gasteiger partial charge in [0, 0.05) is 13.1 Å². The maximum atomic E-state index is 13.6. The van der Waals surface area contributed by atoms with Gasteiger partial charge in [0.1, 0.15) is 5.82 Å². The summed E-state index contributed by atoms with van der Waals surface area (Å²) in [5.74, 6) is -1.68. The highest BCUT2D eigenvalue weighted by Gasteiger charge is 2.46. The van der Waals surface area contributed by atoms with Crippen molar-refractivity contribution >= 4 is 11.9 Å². The van der Waals surface area contributed by atoms with Gasteiger partial charge in [-0.2, -0.15) is 0 Å². The second-order valence-corrected chi connectivity index (χ2v) is 6.37. The normalized spacial score (nSPS) is 23.7. The Morgan fingerprint density at radius 3 is 2.59 bits per heavy atom. The van der Waals surface area contributed by atoms with Crippen molar-refractivity contribution in [3.63, 3.8) is 0 Å². The number of nitrogens with zero attached hydrogens (tertiary/aromatic N) is 1. The molecule has 1 N–H and O–H groups in total. The summed E-state index contributed by atoms with van der Waals surface area (Å²) in [6.07, 6.45) is 3.81. The van der Waals surface area contributed by atoms with Crippen LogP contribution in [0.2, 0.25) is 0 Å². The Bertz CT molecular complexity index is 595. The number of hydrogen-bond acceptors (Lipinski definition) is 2. The molecule has 0 unspecified atom stereocenters. The summed E-state index contributed by atoms with van der Waals surface area (Å²) in [6.45, 7) is 0.748. The van der Waals surface area contributed by atoms with E-state index in [0.29, 0.717) is 25.8 Å². The number of hydrogen-bond donors (Lipinski definition) is 1. The van der Waals surface area contributed by atoms with Gasteiger partial charge in [-0.25, -0.2) is 4.39 Å². The number of rotatable bonds is 3. The Morgan fingerprint density at radius 2 is 2.00 bits per heavy atom. The molecule has 1 amide bonds. The average Bonchev–Trinajstić information content (AvgIpc) is 3.17. The highest BCUT2D eigenvalue weighted by molar-refractivity contribution is 5.89. The van der Waals surface area contributed by atoms with E-state index in [1.807, 2.05) is 6.07 Å². The molecule has 2 fully saturated rings. The van der Waals surface area contributed by atoms with Crippen molar-refractivity contribution in [2.24, 2.45) is 5.92 Å². The molecule has 0 radical (unpaired) electrons. The van der Waals surface area contributed by atoms with E-state index < -0.39 is 17.3 Å². The molecule has 1 saturated heterocycles. The molecule has 0 spiro atoms. The molecule has 5 heteroatoms. The van der Waals surface area contributed by atoms with Crippen LogP contribution in [0.1, 0.15) is 37.7 Å². The van der Waals surface area contributed by atoms with Crippen LogP contribution in [0, 0.1) is 11.7 Å². The van der Waals surface area contributed by atoms with Crippen LogP contribution in [0.3, 0.4) is 0 Å². The molecule has 0 aromatic heterocycles. The minimum Gasteiger partial charge on any atom is -0.481 e. The smallest absolute Gasteiger partial charge is 0.308 e. The Balaban J connectivity index is 1.88. The third-order valence-corrected chi connectivity index (χ3v) is 5.07. The van der Waals surface area contributed by atoms with Gasteiger partial charge in [-0.15, -0.1) is 0 Å². The molecule has 0 bridgehead atoms. The topological polar surface area (TPSA) is 57.6 Å². The van der Waals surface area contributed by atoms with Crippen LogP contribution in [-0.2, 0) is 15.0 Å². The first kappa shape index (κ1) is 15.0. The van der Waals surface area contributed by atoms with Gasteiger partial charge in [0.25, 0.3) is 0 Å². The van der Waals surface area contributed by atoms with Gasteiger partial charge in [0.2, 0.25) is 5.91 Å². The van der Waals surface area contributed by atoms with Crippen molar-refractivity contribution in [1.82, 2.24) is 4.90 Å². The van der Waals surface area contributed by atoms with Gasteiger partial charge in [0.05, 0.1) is 11.3 Å². The van der Waals surface area contributed by atoms with Crippen molar-refractivity contribution in [1.29, 1.82) is 0 Å². The maximum absolute atomic E-state index is 13.6. The van der Waals surface area contributed by atoms with E-state index in [0.717, 1.165) is 18.4 Å². The monoisotopic (exact) mass is 305 g/mol. The molecular formula is C17H20FNO3. The average molecular weight is 305 g/mol. The molecule has 1 aliphatic carbocycles. The van der Waals surface area contributed by atoms with Crippen LogP contribution in [0.4, 0.5) is 4.39 Å². The Hall–Kier alpha value is -1.91. The Kier molecular flexibility index (Phi) is 3.89. The first-order valence-electron chi connectivity index (χ1n) is 7.81. The van der Waals surface area contributed by atoms with Crippen LogP contribution in [0.25, 0.3) is 0 Å². The highest BCUT2D eigenvalue weighted by Crippen LogP contribution is 2.43. The SMILES string of the molecule is O=C(O)[C@@H]1CCN(C(=O)C2(c3cccc(F)c3)CCCC2)C1. The summed E-state index contributed by atoms with van der Waals surface area (Å²) in [7, 11) is 0. The van der Waals surface area contributed by atoms with Crippen molar-refractivity contribution in [2.75, 3.05) is 13.1 Å². The van der Waals surface area contributed by atoms with Gasteiger partial charge >= 0.3 is 5.97 Å².